The molecule has 1 N–H and O–H groups in total. The lowest BCUT2D eigenvalue weighted by atomic mass is 10.2. The molecule has 0 atom stereocenters. The van der Waals surface area contributed by atoms with Crippen molar-refractivity contribution >= 4 is 62.6 Å². The zero-order chi connectivity index (χ0) is 13.8. The molecule has 2 aromatic rings. The van der Waals surface area contributed by atoms with Crippen LogP contribution in [-0.4, -0.2) is 6.21 Å². The lowest BCUT2D eigenvalue weighted by Gasteiger charge is -2.06. The lowest BCUT2D eigenvalue weighted by Crippen LogP contribution is -1.92. The van der Waals surface area contributed by atoms with Gasteiger partial charge in [-0.05, 0) is 29.8 Å². The summed E-state index contributed by atoms with van der Waals surface area (Å²) in [5.74, 6) is 0. The minimum atomic E-state index is 0.422. The van der Waals surface area contributed by atoms with E-state index in [9.17, 15) is 0 Å². The molecule has 0 aliphatic carbocycles. The summed E-state index contributed by atoms with van der Waals surface area (Å²) >= 11 is 21.2. The smallest absolute Gasteiger partial charge is 0.0935 e. The van der Waals surface area contributed by atoms with Crippen LogP contribution in [0.15, 0.2) is 46.0 Å². The molecule has 2 nitrogen and oxygen atoms in total. The fraction of sp³-hybridized carbons (Fsp3) is 0. The second-order valence-electron chi connectivity index (χ2n) is 3.67. The highest BCUT2D eigenvalue weighted by Crippen LogP contribution is 2.33. The zero-order valence-corrected chi connectivity index (χ0v) is 13.4. The SMILES string of the molecule is Clc1cc(Cl)c(NN=Cc2ccc(Br)cc2)c(Cl)c1. The predicted molar refractivity (Wildman–Crippen MR) is 86.8 cm³/mol. The van der Waals surface area contributed by atoms with Crippen molar-refractivity contribution < 1.29 is 0 Å². The van der Waals surface area contributed by atoms with Crippen LogP contribution < -0.4 is 5.43 Å². The van der Waals surface area contributed by atoms with E-state index in [2.05, 4.69) is 26.5 Å². The Bertz CT molecular complexity index is 589. The third-order valence-electron chi connectivity index (χ3n) is 2.27. The highest BCUT2D eigenvalue weighted by molar-refractivity contribution is 9.10. The number of nitrogens with zero attached hydrogens (tertiary/aromatic N) is 1. The van der Waals surface area contributed by atoms with Gasteiger partial charge in [0.05, 0.1) is 21.9 Å². The van der Waals surface area contributed by atoms with Crippen molar-refractivity contribution in [2.24, 2.45) is 5.10 Å². The molecule has 0 heterocycles. The standard InChI is InChI=1S/C13H8BrCl3N2/c14-9-3-1-8(2-4-9)7-18-19-13-11(16)5-10(15)6-12(13)17/h1-7,19H. The van der Waals surface area contributed by atoms with E-state index in [0.29, 0.717) is 20.8 Å². The highest BCUT2D eigenvalue weighted by atomic mass is 79.9. The third-order valence-corrected chi connectivity index (χ3v) is 3.61. The summed E-state index contributed by atoms with van der Waals surface area (Å²) in [5.41, 5.74) is 4.29. The molecule has 2 rings (SSSR count). The first-order valence-corrected chi connectivity index (χ1v) is 7.18. The van der Waals surface area contributed by atoms with Crippen molar-refractivity contribution in [3.8, 4) is 0 Å². The van der Waals surface area contributed by atoms with E-state index in [4.69, 9.17) is 34.8 Å². The number of hydrogen-bond donors (Lipinski definition) is 1. The number of rotatable bonds is 3. The van der Waals surface area contributed by atoms with Gasteiger partial charge in [-0.1, -0.05) is 62.9 Å². The van der Waals surface area contributed by atoms with Gasteiger partial charge in [0, 0.05) is 9.50 Å². The minimum Gasteiger partial charge on any atom is -0.275 e. The summed E-state index contributed by atoms with van der Waals surface area (Å²) in [7, 11) is 0. The second kappa shape index (κ2) is 6.62. The van der Waals surface area contributed by atoms with Gasteiger partial charge >= 0.3 is 0 Å². The Morgan fingerprint density at radius 1 is 1.00 bits per heavy atom. The molecule has 2 aromatic carbocycles. The van der Waals surface area contributed by atoms with Crippen molar-refractivity contribution in [2.75, 3.05) is 5.43 Å². The summed E-state index contributed by atoms with van der Waals surface area (Å²) in [4.78, 5) is 0. The molecular formula is C13H8BrCl3N2. The molecular weight excluding hydrogens is 370 g/mol. The lowest BCUT2D eigenvalue weighted by molar-refractivity contribution is 1.35. The Morgan fingerprint density at radius 2 is 1.58 bits per heavy atom. The molecule has 0 amide bonds. The first-order chi connectivity index (χ1) is 9.06. The van der Waals surface area contributed by atoms with Crippen molar-refractivity contribution in [3.63, 3.8) is 0 Å². The van der Waals surface area contributed by atoms with E-state index in [1.54, 1.807) is 18.3 Å². The van der Waals surface area contributed by atoms with Crippen LogP contribution in [0.3, 0.4) is 0 Å². The molecule has 6 heteroatoms. The van der Waals surface area contributed by atoms with E-state index in [-0.39, 0.29) is 0 Å². The molecule has 0 fully saturated rings. The molecule has 0 aromatic heterocycles. The molecule has 0 radical (unpaired) electrons. The van der Waals surface area contributed by atoms with E-state index in [1.165, 1.54) is 0 Å². The number of benzene rings is 2. The molecule has 0 saturated carbocycles. The van der Waals surface area contributed by atoms with Gasteiger partial charge in [-0.25, -0.2) is 0 Å². The van der Waals surface area contributed by atoms with Crippen LogP contribution in [0, 0.1) is 0 Å². The van der Waals surface area contributed by atoms with Gasteiger partial charge < -0.3 is 0 Å². The topological polar surface area (TPSA) is 24.4 Å². The zero-order valence-electron chi connectivity index (χ0n) is 9.50. The van der Waals surface area contributed by atoms with Gasteiger partial charge in [0.2, 0.25) is 0 Å². The van der Waals surface area contributed by atoms with Crippen molar-refractivity contribution in [1.29, 1.82) is 0 Å². The summed E-state index contributed by atoms with van der Waals surface area (Å²) in [6, 6.07) is 10.9. The summed E-state index contributed by atoms with van der Waals surface area (Å²) in [6.45, 7) is 0. The largest absolute Gasteiger partial charge is 0.275 e. The number of halogens is 4. The predicted octanol–water partition coefficient (Wildman–Crippen LogP) is 5.86. The van der Waals surface area contributed by atoms with Gasteiger partial charge in [-0.3, -0.25) is 5.43 Å². The molecule has 98 valence electrons. The molecule has 0 saturated heterocycles. The average Bonchev–Trinajstić information content (AvgIpc) is 2.34. The number of nitrogens with one attached hydrogen (secondary N) is 1. The van der Waals surface area contributed by atoms with Gasteiger partial charge in [-0.2, -0.15) is 5.10 Å². The Morgan fingerprint density at radius 3 is 2.16 bits per heavy atom. The van der Waals surface area contributed by atoms with Crippen LogP contribution in [0.4, 0.5) is 5.69 Å². The molecule has 19 heavy (non-hydrogen) atoms. The highest BCUT2D eigenvalue weighted by Gasteiger charge is 2.06. The second-order valence-corrected chi connectivity index (χ2v) is 5.83. The molecule has 0 bridgehead atoms. The Hall–Kier alpha value is -0.740. The Balaban J connectivity index is 2.12. The summed E-state index contributed by atoms with van der Waals surface area (Å²) in [5, 5.41) is 5.42. The first-order valence-electron chi connectivity index (χ1n) is 5.25. The summed E-state index contributed by atoms with van der Waals surface area (Å²) < 4.78 is 1.02. The van der Waals surface area contributed by atoms with E-state index < -0.39 is 0 Å². The monoisotopic (exact) mass is 376 g/mol. The number of hydrazone groups is 1. The first kappa shape index (κ1) is 14.7. The molecule has 0 aliphatic heterocycles. The molecule has 0 aliphatic rings. The normalized spacial score (nSPS) is 10.9. The minimum absolute atomic E-state index is 0.422. The average molecular weight is 378 g/mol. The maximum absolute atomic E-state index is 6.03. The molecule has 0 unspecified atom stereocenters. The van der Waals surface area contributed by atoms with Gasteiger partial charge in [0.15, 0.2) is 0 Å². The molecule has 0 spiro atoms. The number of anilines is 1. The van der Waals surface area contributed by atoms with Crippen LogP contribution in [0.25, 0.3) is 0 Å². The fourth-order valence-electron chi connectivity index (χ4n) is 1.37. The van der Waals surface area contributed by atoms with E-state index >= 15 is 0 Å². The third kappa shape index (κ3) is 4.11. The Kier molecular flexibility index (Phi) is 5.11. The van der Waals surface area contributed by atoms with Crippen LogP contribution in [0.2, 0.25) is 15.1 Å². The van der Waals surface area contributed by atoms with Crippen LogP contribution in [0.1, 0.15) is 5.56 Å². The van der Waals surface area contributed by atoms with Crippen LogP contribution in [0.5, 0.6) is 0 Å². The van der Waals surface area contributed by atoms with Crippen molar-refractivity contribution in [1.82, 2.24) is 0 Å². The maximum atomic E-state index is 6.03. The van der Waals surface area contributed by atoms with E-state index in [1.807, 2.05) is 24.3 Å². The maximum Gasteiger partial charge on any atom is 0.0935 e. The Labute approximate surface area is 134 Å². The van der Waals surface area contributed by atoms with Gasteiger partial charge in [-0.15, -0.1) is 0 Å². The van der Waals surface area contributed by atoms with Crippen molar-refractivity contribution in [2.45, 2.75) is 0 Å². The van der Waals surface area contributed by atoms with Gasteiger partial charge in [0.25, 0.3) is 0 Å². The van der Waals surface area contributed by atoms with Crippen LogP contribution in [-0.2, 0) is 0 Å². The van der Waals surface area contributed by atoms with E-state index in [0.717, 1.165) is 10.0 Å². The fourth-order valence-corrected chi connectivity index (χ4v) is 2.54. The number of hydrogen-bond acceptors (Lipinski definition) is 2. The van der Waals surface area contributed by atoms with Crippen LogP contribution >= 0.6 is 50.7 Å². The van der Waals surface area contributed by atoms with Gasteiger partial charge in [0.1, 0.15) is 0 Å². The van der Waals surface area contributed by atoms with Crippen molar-refractivity contribution in [3.05, 3.63) is 61.5 Å². The quantitative estimate of drug-likeness (QED) is 0.525. The summed E-state index contributed by atoms with van der Waals surface area (Å²) in [6.07, 6.45) is 1.67.